The number of carbonyl (C=O) groups is 2. The third kappa shape index (κ3) is 5.42. The summed E-state index contributed by atoms with van der Waals surface area (Å²) in [6.45, 7) is 1.42. The number of nitrogens with zero attached hydrogens (tertiary/aromatic N) is 1. The minimum Gasteiger partial charge on any atom is -0.497 e. The van der Waals surface area contributed by atoms with Crippen molar-refractivity contribution < 1.29 is 19.4 Å². The summed E-state index contributed by atoms with van der Waals surface area (Å²) < 4.78 is 5.04. The Hall–Kier alpha value is -3.19. The second kappa shape index (κ2) is 9.33. The fourth-order valence-electron chi connectivity index (χ4n) is 2.15. The quantitative estimate of drug-likeness (QED) is 0.515. The average molecular weight is 355 g/mol. The number of carbonyl (C=O) groups excluding carboxylic acids is 2. The molecule has 1 unspecified atom stereocenters. The molecule has 2 amide bonds. The third-order valence-corrected chi connectivity index (χ3v) is 3.59. The lowest BCUT2D eigenvalue weighted by atomic mass is 10.1. The summed E-state index contributed by atoms with van der Waals surface area (Å²) in [6.07, 6.45) is 0.381. The van der Waals surface area contributed by atoms with Gasteiger partial charge in [-0.2, -0.15) is 5.10 Å². The Kier molecular flexibility index (Phi) is 6.87. The molecule has 0 saturated heterocycles. The number of benzene rings is 2. The van der Waals surface area contributed by atoms with Crippen molar-refractivity contribution in [2.75, 3.05) is 7.11 Å². The zero-order chi connectivity index (χ0) is 18.9. The molecular formula is C19H21N3O4. The van der Waals surface area contributed by atoms with Crippen molar-refractivity contribution in [3.63, 3.8) is 0 Å². The van der Waals surface area contributed by atoms with E-state index in [4.69, 9.17) is 4.74 Å². The van der Waals surface area contributed by atoms with E-state index in [-0.39, 0.29) is 0 Å². The van der Waals surface area contributed by atoms with Gasteiger partial charge in [-0.25, -0.2) is 5.43 Å². The Bertz CT molecular complexity index is 758. The van der Waals surface area contributed by atoms with Gasteiger partial charge in [0, 0.05) is 5.56 Å². The molecule has 0 aromatic heterocycles. The van der Waals surface area contributed by atoms with E-state index in [2.05, 4.69) is 15.8 Å². The second-order valence-corrected chi connectivity index (χ2v) is 5.57. The standard InChI is InChI=1S/C19H21N3O4/c1-13(23)17(19(25)22-20-12-14-6-4-3-5-7-14)21-18(24)15-8-10-16(26-2)11-9-15/h3-13,17,23H,1-2H3,(H,21,24)(H,22,25)/b20-12+/t13?,17-/m0/s1. The number of hydrogen-bond acceptors (Lipinski definition) is 5. The lowest BCUT2D eigenvalue weighted by Crippen LogP contribution is -2.51. The van der Waals surface area contributed by atoms with Crippen molar-refractivity contribution >= 4 is 18.0 Å². The lowest BCUT2D eigenvalue weighted by molar-refractivity contribution is -0.125. The van der Waals surface area contributed by atoms with Crippen LogP contribution in [0.2, 0.25) is 0 Å². The van der Waals surface area contributed by atoms with E-state index in [9.17, 15) is 14.7 Å². The molecule has 2 atom stereocenters. The Morgan fingerprint density at radius 3 is 2.35 bits per heavy atom. The van der Waals surface area contributed by atoms with E-state index in [1.807, 2.05) is 30.3 Å². The highest BCUT2D eigenvalue weighted by Crippen LogP contribution is 2.11. The van der Waals surface area contributed by atoms with Crippen LogP contribution in [0.5, 0.6) is 5.75 Å². The van der Waals surface area contributed by atoms with Crippen molar-refractivity contribution in [1.29, 1.82) is 0 Å². The normalized spacial score (nSPS) is 13.0. The van der Waals surface area contributed by atoms with Gasteiger partial charge in [0.25, 0.3) is 11.8 Å². The molecule has 2 rings (SSSR count). The Morgan fingerprint density at radius 2 is 1.77 bits per heavy atom. The first kappa shape index (κ1) is 19.1. The molecular weight excluding hydrogens is 334 g/mol. The molecule has 0 bridgehead atoms. The van der Waals surface area contributed by atoms with Crippen molar-refractivity contribution in [2.24, 2.45) is 5.10 Å². The maximum Gasteiger partial charge on any atom is 0.265 e. The minimum atomic E-state index is -1.14. The molecule has 7 heteroatoms. The van der Waals surface area contributed by atoms with Crippen LogP contribution in [-0.2, 0) is 4.79 Å². The highest BCUT2D eigenvalue weighted by atomic mass is 16.5. The molecule has 2 aromatic carbocycles. The maximum atomic E-state index is 12.3. The van der Waals surface area contributed by atoms with Gasteiger partial charge in [-0.05, 0) is 36.8 Å². The number of amides is 2. The highest BCUT2D eigenvalue weighted by molar-refractivity contribution is 5.98. The Labute approximate surface area is 151 Å². The molecule has 0 saturated carbocycles. The molecule has 136 valence electrons. The molecule has 0 radical (unpaired) electrons. The number of hydrazone groups is 1. The van der Waals surface area contributed by atoms with E-state index < -0.39 is 24.0 Å². The predicted molar refractivity (Wildman–Crippen MR) is 98.1 cm³/mol. The second-order valence-electron chi connectivity index (χ2n) is 5.57. The van der Waals surface area contributed by atoms with E-state index in [0.717, 1.165) is 5.56 Å². The van der Waals surface area contributed by atoms with Crippen LogP contribution in [0.15, 0.2) is 59.7 Å². The summed E-state index contributed by atoms with van der Waals surface area (Å²) in [6, 6.07) is 14.5. The Morgan fingerprint density at radius 1 is 1.12 bits per heavy atom. The molecule has 3 N–H and O–H groups in total. The van der Waals surface area contributed by atoms with Gasteiger partial charge in [0.1, 0.15) is 11.8 Å². The number of methoxy groups -OCH3 is 1. The summed E-state index contributed by atoms with van der Waals surface area (Å²) in [5.74, 6) is -0.489. The summed E-state index contributed by atoms with van der Waals surface area (Å²) in [5, 5.41) is 16.2. The SMILES string of the molecule is COc1ccc(C(=O)N[C@H](C(=O)N/N=C/c2ccccc2)C(C)O)cc1. The lowest BCUT2D eigenvalue weighted by Gasteiger charge is -2.19. The van der Waals surface area contributed by atoms with Crippen LogP contribution in [0.3, 0.4) is 0 Å². The van der Waals surface area contributed by atoms with Crippen LogP contribution in [0.1, 0.15) is 22.8 Å². The van der Waals surface area contributed by atoms with Crippen LogP contribution in [-0.4, -0.2) is 42.4 Å². The highest BCUT2D eigenvalue weighted by Gasteiger charge is 2.25. The number of nitrogens with one attached hydrogen (secondary N) is 2. The molecule has 0 aliphatic heterocycles. The van der Waals surface area contributed by atoms with Gasteiger partial charge in [0.15, 0.2) is 0 Å². The summed E-state index contributed by atoms with van der Waals surface area (Å²) in [4.78, 5) is 24.5. The summed E-state index contributed by atoms with van der Waals surface area (Å²) in [5.41, 5.74) is 3.48. The van der Waals surface area contributed by atoms with Gasteiger partial charge in [0.05, 0.1) is 19.4 Å². The minimum absolute atomic E-state index is 0.344. The van der Waals surface area contributed by atoms with E-state index >= 15 is 0 Å². The van der Waals surface area contributed by atoms with Crippen LogP contribution in [0, 0.1) is 0 Å². The Balaban J connectivity index is 1.99. The van der Waals surface area contributed by atoms with Crippen molar-refractivity contribution in [1.82, 2.24) is 10.7 Å². The molecule has 0 heterocycles. The monoisotopic (exact) mass is 355 g/mol. The molecule has 0 spiro atoms. The maximum absolute atomic E-state index is 12.3. The van der Waals surface area contributed by atoms with Crippen molar-refractivity contribution in [2.45, 2.75) is 19.1 Å². The van der Waals surface area contributed by atoms with Crippen LogP contribution in [0.25, 0.3) is 0 Å². The number of rotatable bonds is 7. The number of aliphatic hydroxyl groups is 1. The summed E-state index contributed by atoms with van der Waals surface area (Å²) in [7, 11) is 1.53. The predicted octanol–water partition coefficient (Wildman–Crippen LogP) is 1.32. The van der Waals surface area contributed by atoms with Crippen LogP contribution >= 0.6 is 0 Å². The zero-order valence-corrected chi connectivity index (χ0v) is 14.5. The van der Waals surface area contributed by atoms with Gasteiger partial charge >= 0.3 is 0 Å². The van der Waals surface area contributed by atoms with Crippen LogP contribution in [0.4, 0.5) is 0 Å². The fraction of sp³-hybridized carbons (Fsp3) is 0.211. The molecule has 0 fully saturated rings. The first-order valence-electron chi connectivity index (χ1n) is 8.02. The van der Waals surface area contributed by atoms with E-state index in [0.29, 0.717) is 11.3 Å². The van der Waals surface area contributed by atoms with E-state index in [1.54, 1.807) is 24.3 Å². The van der Waals surface area contributed by atoms with E-state index in [1.165, 1.54) is 20.2 Å². The van der Waals surface area contributed by atoms with Gasteiger partial charge < -0.3 is 15.2 Å². The van der Waals surface area contributed by atoms with Crippen molar-refractivity contribution in [3.8, 4) is 5.75 Å². The molecule has 2 aromatic rings. The van der Waals surface area contributed by atoms with Crippen LogP contribution < -0.4 is 15.5 Å². The first-order chi connectivity index (χ1) is 12.5. The van der Waals surface area contributed by atoms with Gasteiger partial charge in [-0.3, -0.25) is 9.59 Å². The topological polar surface area (TPSA) is 100 Å². The molecule has 7 nitrogen and oxygen atoms in total. The smallest absolute Gasteiger partial charge is 0.265 e. The summed E-state index contributed by atoms with van der Waals surface area (Å²) >= 11 is 0. The average Bonchev–Trinajstić information content (AvgIpc) is 2.66. The molecule has 0 aliphatic rings. The zero-order valence-electron chi connectivity index (χ0n) is 14.5. The molecule has 0 aliphatic carbocycles. The van der Waals surface area contributed by atoms with Gasteiger partial charge in [-0.1, -0.05) is 30.3 Å². The fourth-order valence-corrected chi connectivity index (χ4v) is 2.15. The van der Waals surface area contributed by atoms with Gasteiger partial charge in [-0.15, -0.1) is 0 Å². The first-order valence-corrected chi connectivity index (χ1v) is 8.02. The largest absolute Gasteiger partial charge is 0.497 e. The molecule has 26 heavy (non-hydrogen) atoms. The van der Waals surface area contributed by atoms with Gasteiger partial charge in [0.2, 0.25) is 0 Å². The third-order valence-electron chi connectivity index (χ3n) is 3.59. The number of hydrogen-bond donors (Lipinski definition) is 3. The van der Waals surface area contributed by atoms with Crippen molar-refractivity contribution in [3.05, 3.63) is 65.7 Å². The number of aliphatic hydroxyl groups excluding tert-OH is 1. The number of ether oxygens (including phenoxy) is 1.